The SMILES string of the molecule is CCC(CC)n1nccc1C(=O)N1Cc2ccccc2C[C@@H]1C(=O)O. The summed E-state index contributed by atoms with van der Waals surface area (Å²) >= 11 is 0. The van der Waals surface area contributed by atoms with Crippen molar-refractivity contribution in [3.8, 4) is 0 Å². The number of carboxylic acid groups (broad SMARTS) is 1. The lowest BCUT2D eigenvalue weighted by Gasteiger charge is -2.34. The first kappa shape index (κ1) is 17.2. The van der Waals surface area contributed by atoms with Crippen LogP contribution in [-0.2, 0) is 17.8 Å². The Hall–Kier alpha value is -2.63. The van der Waals surface area contributed by atoms with Crippen molar-refractivity contribution in [2.45, 2.75) is 51.7 Å². The van der Waals surface area contributed by atoms with E-state index in [2.05, 4.69) is 18.9 Å². The van der Waals surface area contributed by atoms with Crippen LogP contribution >= 0.6 is 0 Å². The van der Waals surface area contributed by atoms with E-state index in [-0.39, 0.29) is 11.9 Å². The van der Waals surface area contributed by atoms with Crippen LogP contribution < -0.4 is 0 Å². The first-order valence-corrected chi connectivity index (χ1v) is 8.70. The molecule has 0 fully saturated rings. The number of aromatic nitrogens is 2. The predicted molar refractivity (Wildman–Crippen MR) is 93.3 cm³/mol. The van der Waals surface area contributed by atoms with E-state index in [9.17, 15) is 14.7 Å². The van der Waals surface area contributed by atoms with Crippen LogP contribution in [0.1, 0.15) is 54.3 Å². The fourth-order valence-electron chi connectivity index (χ4n) is 3.51. The summed E-state index contributed by atoms with van der Waals surface area (Å²) in [4.78, 5) is 26.4. The average Bonchev–Trinajstić information content (AvgIpc) is 3.10. The second-order valence-electron chi connectivity index (χ2n) is 6.39. The number of nitrogens with zero attached hydrogens (tertiary/aromatic N) is 3. The molecule has 1 amide bonds. The van der Waals surface area contributed by atoms with Crippen molar-refractivity contribution < 1.29 is 14.7 Å². The highest BCUT2D eigenvalue weighted by Crippen LogP contribution is 2.26. The molecule has 1 aromatic heterocycles. The second-order valence-corrected chi connectivity index (χ2v) is 6.39. The predicted octanol–water partition coefficient (Wildman–Crippen LogP) is 2.90. The van der Waals surface area contributed by atoms with Crippen LogP contribution in [0.5, 0.6) is 0 Å². The third kappa shape index (κ3) is 3.16. The highest BCUT2D eigenvalue weighted by atomic mass is 16.4. The Bertz CT molecular complexity index is 780. The lowest BCUT2D eigenvalue weighted by atomic mass is 9.93. The number of carbonyl (C=O) groups is 2. The van der Waals surface area contributed by atoms with Gasteiger partial charge < -0.3 is 10.0 Å². The number of hydrogen-bond donors (Lipinski definition) is 1. The zero-order chi connectivity index (χ0) is 18.0. The summed E-state index contributed by atoms with van der Waals surface area (Å²) in [7, 11) is 0. The van der Waals surface area contributed by atoms with E-state index in [1.807, 2.05) is 24.3 Å². The van der Waals surface area contributed by atoms with Gasteiger partial charge in [-0.15, -0.1) is 0 Å². The van der Waals surface area contributed by atoms with E-state index in [0.29, 0.717) is 18.7 Å². The van der Waals surface area contributed by atoms with Gasteiger partial charge in [-0.1, -0.05) is 38.1 Å². The van der Waals surface area contributed by atoms with Gasteiger partial charge in [0.15, 0.2) is 0 Å². The highest BCUT2D eigenvalue weighted by Gasteiger charge is 2.36. The van der Waals surface area contributed by atoms with Gasteiger partial charge in [0.1, 0.15) is 11.7 Å². The number of hydrogen-bond acceptors (Lipinski definition) is 3. The summed E-state index contributed by atoms with van der Waals surface area (Å²) in [6.45, 7) is 4.42. The number of amides is 1. The lowest BCUT2D eigenvalue weighted by molar-refractivity contribution is -0.142. The van der Waals surface area contributed by atoms with Crippen molar-refractivity contribution in [2.24, 2.45) is 0 Å². The Labute approximate surface area is 147 Å². The molecule has 0 radical (unpaired) electrons. The Kier molecular flexibility index (Phi) is 4.88. The molecule has 25 heavy (non-hydrogen) atoms. The molecule has 1 aromatic carbocycles. The minimum Gasteiger partial charge on any atom is -0.480 e. The highest BCUT2D eigenvalue weighted by molar-refractivity contribution is 5.95. The Morgan fingerprint density at radius 2 is 1.88 bits per heavy atom. The summed E-state index contributed by atoms with van der Waals surface area (Å²) < 4.78 is 1.74. The first-order valence-electron chi connectivity index (χ1n) is 8.70. The van der Waals surface area contributed by atoms with Crippen molar-refractivity contribution in [1.82, 2.24) is 14.7 Å². The number of benzene rings is 1. The van der Waals surface area contributed by atoms with Crippen LogP contribution in [0.4, 0.5) is 0 Å². The molecule has 0 saturated carbocycles. The van der Waals surface area contributed by atoms with Crippen LogP contribution in [0.25, 0.3) is 0 Å². The summed E-state index contributed by atoms with van der Waals surface area (Å²) in [6, 6.07) is 8.66. The quantitative estimate of drug-likeness (QED) is 0.907. The fourth-order valence-corrected chi connectivity index (χ4v) is 3.51. The van der Waals surface area contributed by atoms with Crippen molar-refractivity contribution in [3.63, 3.8) is 0 Å². The van der Waals surface area contributed by atoms with Gasteiger partial charge in [0.05, 0.1) is 6.04 Å². The Morgan fingerprint density at radius 1 is 1.20 bits per heavy atom. The van der Waals surface area contributed by atoms with E-state index in [4.69, 9.17) is 0 Å². The summed E-state index contributed by atoms with van der Waals surface area (Å²) in [5.74, 6) is -1.25. The maximum atomic E-state index is 13.1. The first-order chi connectivity index (χ1) is 12.1. The number of aliphatic carboxylic acids is 1. The molecule has 0 bridgehead atoms. The van der Waals surface area contributed by atoms with Crippen molar-refractivity contribution in [1.29, 1.82) is 0 Å². The molecule has 1 aliphatic rings. The lowest BCUT2D eigenvalue weighted by Crippen LogP contribution is -2.49. The van der Waals surface area contributed by atoms with E-state index in [1.165, 1.54) is 4.90 Å². The molecule has 1 N–H and O–H groups in total. The monoisotopic (exact) mass is 341 g/mol. The second kappa shape index (κ2) is 7.09. The normalized spacial score (nSPS) is 16.8. The molecule has 2 aromatic rings. The molecule has 6 nitrogen and oxygen atoms in total. The zero-order valence-electron chi connectivity index (χ0n) is 14.6. The van der Waals surface area contributed by atoms with Gasteiger partial charge >= 0.3 is 5.97 Å². The Morgan fingerprint density at radius 3 is 2.52 bits per heavy atom. The summed E-state index contributed by atoms with van der Waals surface area (Å²) in [6.07, 6.45) is 3.67. The third-order valence-electron chi connectivity index (χ3n) is 4.97. The smallest absolute Gasteiger partial charge is 0.326 e. The van der Waals surface area contributed by atoms with Crippen molar-refractivity contribution >= 4 is 11.9 Å². The van der Waals surface area contributed by atoms with Crippen LogP contribution in [-0.4, -0.2) is 37.7 Å². The van der Waals surface area contributed by atoms with Crippen molar-refractivity contribution in [2.75, 3.05) is 0 Å². The molecule has 0 saturated heterocycles. The average molecular weight is 341 g/mol. The maximum Gasteiger partial charge on any atom is 0.326 e. The maximum absolute atomic E-state index is 13.1. The number of rotatable bonds is 5. The molecular weight excluding hydrogens is 318 g/mol. The molecule has 0 spiro atoms. The number of carbonyl (C=O) groups excluding carboxylic acids is 1. The van der Waals surface area contributed by atoms with Crippen LogP contribution in [0.15, 0.2) is 36.5 Å². The van der Waals surface area contributed by atoms with Gasteiger partial charge in [-0.05, 0) is 30.0 Å². The minimum atomic E-state index is -0.976. The van der Waals surface area contributed by atoms with E-state index in [1.54, 1.807) is 16.9 Å². The van der Waals surface area contributed by atoms with Crippen LogP contribution in [0.3, 0.4) is 0 Å². The van der Waals surface area contributed by atoms with Gasteiger partial charge in [-0.25, -0.2) is 4.79 Å². The van der Waals surface area contributed by atoms with E-state index >= 15 is 0 Å². The van der Waals surface area contributed by atoms with Gasteiger partial charge in [-0.3, -0.25) is 9.48 Å². The van der Waals surface area contributed by atoms with E-state index in [0.717, 1.165) is 24.0 Å². The zero-order valence-corrected chi connectivity index (χ0v) is 14.6. The van der Waals surface area contributed by atoms with Crippen LogP contribution in [0, 0.1) is 0 Å². The molecule has 0 unspecified atom stereocenters. The van der Waals surface area contributed by atoms with Gasteiger partial charge in [0.2, 0.25) is 0 Å². The number of carboxylic acids is 1. The molecule has 3 rings (SSSR count). The fraction of sp³-hybridized carbons (Fsp3) is 0.421. The molecule has 1 aliphatic heterocycles. The summed E-state index contributed by atoms with van der Waals surface area (Å²) in [5.41, 5.74) is 2.45. The van der Waals surface area contributed by atoms with Gasteiger partial charge in [0.25, 0.3) is 5.91 Å². The van der Waals surface area contributed by atoms with E-state index < -0.39 is 12.0 Å². The van der Waals surface area contributed by atoms with Crippen molar-refractivity contribution in [3.05, 3.63) is 53.3 Å². The van der Waals surface area contributed by atoms with Crippen LogP contribution in [0.2, 0.25) is 0 Å². The summed E-state index contributed by atoms with van der Waals surface area (Å²) in [5, 5.41) is 13.9. The minimum absolute atomic E-state index is 0.134. The number of fused-ring (bicyclic) bond motifs is 1. The molecule has 1 atom stereocenters. The third-order valence-corrected chi connectivity index (χ3v) is 4.97. The standard InChI is InChI=1S/C19H23N3O3/c1-3-15(4-2)22-16(9-10-20-22)18(23)21-12-14-8-6-5-7-13(14)11-17(21)19(24)25/h5-10,15,17H,3-4,11-12H2,1-2H3,(H,24,25)/t17-/m1/s1. The largest absolute Gasteiger partial charge is 0.480 e. The van der Waals surface area contributed by atoms with Gasteiger partial charge in [-0.2, -0.15) is 5.10 Å². The molecule has 132 valence electrons. The molecule has 2 heterocycles. The molecule has 6 heteroatoms. The molecule has 0 aliphatic carbocycles. The topological polar surface area (TPSA) is 75.4 Å². The van der Waals surface area contributed by atoms with Gasteiger partial charge in [0, 0.05) is 19.2 Å². The Balaban J connectivity index is 1.96. The molecular formula is C19H23N3O3.